The molecule has 72 valence electrons. The Hall–Kier alpha value is -1.06. The molecule has 13 heavy (non-hydrogen) atoms. The van der Waals surface area contributed by atoms with Crippen molar-refractivity contribution in [2.24, 2.45) is 0 Å². The van der Waals surface area contributed by atoms with Gasteiger partial charge in [-0.3, -0.25) is 4.79 Å². The van der Waals surface area contributed by atoms with E-state index in [1.165, 1.54) is 6.08 Å². The molecule has 1 nitrogen and oxygen atoms in total. The first kappa shape index (κ1) is 10.0. The molecule has 1 rings (SSSR count). The summed E-state index contributed by atoms with van der Waals surface area (Å²) in [7, 11) is 0. The number of ketones is 1. The fourth-order valence-corrected chi connectivity index (χ4v) is 1.20. The lowest BCUT2D eigenvalue weighted by Crippen LogP contribution is -2.25. The second-order valence-corrected chi connectivity index (χ2v) is 3.02. The summed E-state index contributed by atoms with van der Waals surface area (Å²) < 4.78 is 35.9. The smallest absolute Gasteiger partial charge is 0.284 e. The van der Waals surface area contributed by atoms with Gasteiger partial charge in [0, 0.05) is 5.57 Å². The number of Topliss-reactive ketones (excluding diaryl/α,β-unsaturated/α-hetero) is 1. The van der Waals surface area contributed by atoms with Crippen LogP contribution in [-0.2, 0) is 4.79 Å². The topological polar surface area (TPSA) is 17.1 Å². The zero-order valence-corrected chi connectivity index (χ0v) is 7.11. The third-order valence-electron chi connectivity index (χ3n) is 1.85. The van der Waals surface area contributed by atoms with Crippen molar-refractivity contribution in [2.45, 2.75) is 25.9 Å². The number of halogens is 3. The average Bonchev–Trinajstić information content (AvgIpc) is 2.01. The molecule has 0 heterocycles. The lowest BCUT2D eigenvalue weighted by atomic mass is 9.96. The van der Waals surface area contributed by atoms with Gasteiger partial charge in [0.25, 0.3) is 5.78 Å². The van der Waals surface area contributed by atoms with Crippen molar-refractivity contribution < 1.29 is 18.0 Å². The van der Waals surface area contributed by atoms with Crippen LogP contribution >= 0.6 is 0 Å². The van der Waals surface area contributed by atoms with Crippen LogP contribution < -0.4 is 0 Å². The molecule has 0 saturated heterocycles. The summed E-state index contributed by atoms with van der Waals surface area (Å²) in [5.74, 6) is -1.71. The number of alkyl halides is 3. The molecule has 0 radical (unpaired) electrons. The molecule has 0 aromatic heterocycles. The second-order valence-electron chi connectivity index (χ2n) is 3.02. The highest BCUT2D eigenvalue weighted by Crippen LogP contribution is 2.26. The van der Waals surface area contributed by atoms with E-state index in [4.69, 9.17) is 0 Å². The molecule has 0 saturated carbocycles. The van der Waals surface area contributed by atoms with Crippen LogP contribution in [0.4, 0.5) is 13.2 Å². The van der Waals surface area contributed by atoms with E-state index in [-0.39, 0.29) is 12.0 Å². The molecule has 0 spiro atoms. The number of carbonyl (C=O) groups is 1. The Labute approximate surface area is 73.9 Å². The van der Waals surface area contributed by atoms with Crippen LogP contribution in [0.1, 0.15) is 19.8 Å². The zero-order valence-electron chi connectivity index (χ0n) is 7.11. The predicted molar refractivity (Wildman–Crippen MR) is 42.1 cm³/mol. The molecule has 0 amide bonds. The molecule has 0 unspecified atom stereocenters. The third-order valence-corrected chi connectivity index (χ3v) is 1.85. The Bertz CT molecular complexity index is 284. The molecule has 0 fully saturated rings. The molecular weight excluding hydrogens is 181 g/mol. The van der Waals surface area contributed by atoms with Gasteiger partial charge in [-0.1, -0.05) is 17.7 Å². The van der Waals surface area contributed by atoms with Gasteiger partial charge >= 0.3 is 6.18 Å². The van der Waals surface area contributed by atoms with E-state index in [1.807, 2.05) is 6.08 Å². The first-order valence-corrected chi connectivity index (χ1v) is 3.87. The maximum Gasteiger partial charge on any atom is 0.454 e. The second kappa shape index (κ2) is 3.36. The molecule has 0 N–H and O–H groups in total. The summed E-state index contributed by atoms with van der Waals surface area (Å²) in [5.41, 5.74) is 0.683. The maximum atomic E-state index is 12.0. The first-order valence-electron chi connectivity index (χ1n) is 3.87. The van der Waals surface area contributed by atoms with Gasteiger partial charge in [0.2, 0.25) is 0 Å². The van der Waals surface area contributed by atoms with E-state index in [9.17, 15) is 18.0 Å². The molecule has 1 aliphatic carbocycles. The van der Waals surface area contributed by atoms with Gasteiger partial charge in [0.1, 0.15) is 0 Å². The molecular formula is C9H9F3O. The summed E-state index contributed by atoms with van der Waals surface area (Å²) in [4.78, 5) is 10.7. The Morgan fingerprint density at radius 2 is 2.00 bits per heavy atom. The Morgan fingerprint density at radius 3 is 2.46 bits per heavy atom. The van der Waals surface area contributed by atoms with Crippen LogP contribution in [0.5, 0.6) is 0 Å². The van der Waals surface area contributed by atoms with Crippen molar-refractivity contribution in [3.63, 3.8) is 0 Å². The lowest BCUT2D eigenvalue weighted by molar-refractivity contribution is -0.166. The number of hydrogen-bond donors (Lipinski definition) is 0. The summed E-state index contributed by atoms with van der Waals surface area (Å²) in [6.45, 7) is 1.72. The summed E-state index contributed by atoms with van der Waals surface area (Å²) in [5, 5.41) is 0. The van der Waals surface area contributed by atoms with Gasteiger partial charge in [0.15, 0.2) is 0 Å². The standard InChI is InChI=1S/C9H9F3O/c1-6-3-2-4-7(5-6)8(13)9(10,11)12/h3-4H,2,5H2,1H3. The van der Waals surface area contributed by atoms with Crippen LogP contribution in [0.2, 0.25) is 0 Å². The normalized spacial score (nSPS) is 17.8. The van der Waals surface area contributed by atoms with Crippen LogP contribution in [0.15, 0.2) is 23.3 Å². The highest BCUT2D eigenvalue weighted by Gasteiger charge is 2.40. The van der Waals surface area contributed by atoms with Crippen molar-refractivity contribution >= 4 is 5.78 Å². The maximum absolute atomic E-state index is 12.0. The number of hydrogen-bond acceptors (Lipinski definition) is 1. The Morgan fingerprint density at radius 1 is 1.38 bits per heavy atom. The quantitative estimate of drug-likeness (QED) is 0.581. The van der Waals surface area contributed by atoms with Crippen LogP contribution in [-0.4, -0.2) is 12.0 Å². The van der Waals surface area contributed by atoms with Gasteiger partial charge in [-0.05, 0) is 19.8 Å². The Kier molecular flexibility index (Phi) is 2.59. The van der Waals surface area contributed by atoms with Crippen molar-refractivity contribution in [2.75, 3.05) is 0 Å². The van der Waals surface area contributed by atoms with Gasteiger partial charge in [0.05, 0.1) is 0 Å². The fourth-order valence-electron chi connectivity index (χ4n) is 1.20. The van der Waals surface area contributed by atoms with Crippen molar-refractivity contribution in [1.29, 1.82) is 0 Å². The van der Waals surface area contributed by atoms with Crippen LogP contribution in [0.25, 0.3) is 0 Å². The minimum absolute atomic E-state index is 0.123. The SMILES string of the molecule is CC1=CCC=C(C(=O)C(F)(F)F)C1. The third kappa shape index (κ3) is 2.44. The molecule has 0 bridgehead atoms. The predicted octanol–water partition coefficient (Wildman–Crippen LogP) is 2.78. The molecule has 0 aromatic rings. The van der Waals surface area contributed by atoms with Gasteiger partial charge in [-0.25, -0.2) is 0 Å². The first-order chi connectivity index (χ1) is 5.91. The summed E-state index contributed by atoms with van der Waals surface area (Å²) in [6, 6.07) is 0. The van der Waals surface area contributed by atoms with Crippen LogP contribution in [0, 0.1) is 0 Å². The Balaban J connectivity index is 2.75. The average molecular weight is 190 g/mol. The largest absolute Gasteiger partial charge is 0.454 e. The molecule has 1 aliphatic rings. The van der Waals surface area contributed by atoms with E-state index in [1.54, 1.807) is 6.92 Å². The molecule has 0 aromatic carbocycles. The summed E-state index contributed by atoms with van der Waals surface area (Å²) in [6.07, 6.45) is -1.04. The lowest BCUT2D eigenvalue weighted by Gasteiger charge is -2.12. The fraction of sp³-hybridized carbons (Fsp3) is 0.444. The summed E-state index contributed by atoms with van der Waals surface area (Å²) >= 11 is 0. The van der Waals surface area contributed by atoms with Crippen LogP contribution in [0.3, 0.4) is 0 Å². The van der Waals surface area contributed by atoms with E-state index in [2.05, 4.69) is 0 Å². The zero-order chi connectivity index (χ0) is 10.1. The van der Waals surface area contributed by atoms with Crippen molar-refractivity contribution in [3.8, 4) is 0 Å². The number of allylic oxidation sites excluding steroid dienone is 4. The highest BCUT2D eigenvalue weighted by molar-refractivity contribution is 6.00. The van der Waals surface area contributed by atoms with Gasteiger partial charge in [-0.2, -0.15) is 13.2 Å². The monoisotopic (exact) mass is 190 g/mol. The molecule has 4 heteroatoms. The van der Waals surface area contributed by atoms with Crippen molar-refractivity contribution in [1.82, 2.24) is 0 Å². The van der Waals surface area contributed by atoms with Crippen molar-refractivity contribution in [3.05, 3.63) is 23.3 Å². The van der Waals surface area contributed by atoms with Gasteiger partial charge < -0.3 is 0 Å². The van der Waals surface area contributed by atoms with Gasteiger partial charge in [-0.15, -0.1) is 0 Å². The number of carbonyl (C=O) groups excluding carboxylic acids is 1. The minimum atomic E-state index is -4.73. The van der Waals surface area contributed by atoms with E-state index in [0.29, 0.717) is 6.42 Å². The molecule has 0 aliphatic heterocycles. The molecule has 0 atom stereocenters. The van der Waals surface area contributed by atoms with E-state index < -0.39 is 12.0 Å². The highest BCUT2D eigenvalue weighted by atomic mass is 19.4. The van der Waals surface area contributed by atoms with E-state index in [0.717, 1.165) is 5.57 Å². The van der Waals surface area contributed by atoms with E-state index >= 15 is 0 Å². The number of rotatable bonds is 1. The minimum Gasteiger partial charge on any atom is -0.284 e.